The summed E-state index contributed by atoms with van der Waals surface area (Å²) in [6, 6.07) is 0.00554. The zero-order chi connectivity index (χ0) is 12.4. The molecule has 2 rings (SSSR count). The van der Waals surface area contributed by atoms with Gasteiger partial charge in [0.15, 0.2) is 0 Å². The largest absolute Gasteiger partial charge is 0.326 e. The van der Waals surface area contributed by atoms with Crippen LogP contribution in [0.25, 0.3) is 0 Å². The van der Waals surface area contributed by atoms with Crippen molar-refractivity contribution in [3.8, 4) is 0 Å². The summed E-state index contributed by atoms with van der Waals surface area (Å²) in [5.41, 5.74) is 0. The SMILES string of the molecule is CC1NC(C(C)C)N(CCC2CCCC2)C1=O. The van der Waals surface area contributed by atoms with Gasteiger partial charge in [-0.3, -0.25) is 10.1 Å². The van der Waals surface area contributed by atoms with Crippen LogP contribution in [0, 0.1) is 11.8 Å². The minimum absolute atomic E-state index is 0.00554. The van der Waals surface area contributed by atoms with E-state index in [0.29, 0.717) is 11.8 Å². The number of carbonyl (C=O) groups excluding carboxylic acids is 1. The summed E-state index contributed by atoms with van der Waals surface area (Å²) < 4.78 is 0. The number of nitrogens with zero attached hydrogens (tertiary/aromatic N) is 1. The molecule has 2 unspecified atom stereocenters. The van der Waals surface area contributed by atoms with Gasteiger partial charge in [-0.05, 0) is 25.2 Å². The molecule has 1 heterocycles. The van der Waals surface area contributed by atoms with Crippen LogP contribution in [-0.2, 0) is 4.79 Å². The van der Waals surface area contributed by atoms with Crippen molar-refractivity contribution in [1.29, 1.82) is 0 Å². The van der Waals surface area contributed by atoms with Crippen molar-refractivity contribution >= 4 is 5.91 Å². The Morgan fingerprint density at radius 2 is 2.00 bits per heavy atom. The zero-order valence-corrected chi connectivity index (χ0v) is 11.4. The highest BCUT2D eigenvalue weighted by atomic mass is 16.2. The highest BCUT2D eigenvalue weighted by Gasteiger charge is 2.37. The van der Waals surface area contributed by atoms with Crippen LogP contribution in [0.1, 0.15) is 52.9 Å². The number of rotatable bonds is 4. The number of hydrogen-bond acceptors (Lipinski definition) is 2. The van der Waals surface area contributed by atoms with Gasteiger partial charge in [-0.25, -0.2) is 0 Å². The molecular formula is C14H26N2O. The van der Waals surface area contributed by atoms with E-state index in [-0.39, 0.29) is 12.2 Å². The second kappa shape index (κ2) is 5.38. The zero-order valence-electron chi connectivity index (χ0n) is 11.4. The second-order valence-corrected chi connectivity index (χ2v) is 6.05. The molecule has 1 aliphatic heterocycles. The molecule has 0 bridgehead atoms. The molecule has 3 nitrogen and oxygen atoms in total. The third kappa shape index (κ3) is 2.82. The molecule has 0 aromatic rings. The molecule has 1 saturated heterocycles. The molecule has 98 valence electrons. The van der Waals surface area contributed by atoms with Gasteiger partial charge in [-0.1, -0.05) is 39.5 Å². The van der Waals surface area contributed by atoms with Crippen LogP contribution in [0.4, 0.5) is 0 Å². The Kier molecular flexibility index (Phi) is 4.08. The third-order valence-corrected chi connectivity index (χ3v) is 4.29. The molecule has 0 spiro atoms. The van der Waals surface area contributed by atoms with E-state index in [0.717, 1.165) is 12.5 Å². The lowest BCUT2D eigenvalue weighted by Crippen LogP contribution is -2.42. The van der Waals surface area contributed by atoms with Gasteiger partial charge in [0.05, 0.1) is 12.2 Å². The molecule has 1 amide bonds. The quantitative estimate of drug-likeness (QED) is 0.815. The van der Waals surface area contributed by atoms with E-state index in [1.54, 1.807) is 0 Å². The Morgan fingerprint density at radius 3 is 2.59 bits per heavy atom. The smallest absolute Gasteiger partial charge is 0.240 e. The van der Waals surface area contributed by atoms with Crippen LogP contribution in [-0.4, -0.2) is 29.6 Å². The second-order valence-electron chi connectivity index (χ2n) is 6.05. The van der Waals surface area contributed by atoms with Crippen LogP contribution in [0.3, 0.4) is 0 Å². The molecule has 2 atom stereocenters. The van der Waals surface area contributed by atoms with Gasteiger partial charge < -0.3 is 4.90 Å². The predicted molar refractivity (Wildman–Crippen MR) is 69.5 cm³/mol. The Bertz CT molecular complexity index is 271. The lowest BCUT2D eigenvalue weighted by Gasteiger charge is -2.28. The van der Waals surface area contributed by atoms with Crippen molar-refractivity contribution in [2.45, 2.75) is 65.1 Å². The van der Waals surface area contributed by atoms with Crippen LogP contribution in [0.5, 0.6) is 0 Å². The Morgan fingerprint density at radius 1 is 1.35 bits per heavy atom. The molecular weight excluding hydrogens is 212 g/mol. The van der Waals surface area contributed by atoms with Crippen LogP contribution < -0.4 is 5.32 Å². The molecule has 0 radical (unpaired) electrons. The van der Waals surface area contributed by atoms with Gasteiger partial charge in [0.2, 0.25) is 5.91 Å². The summed E-state index contributed by atoms with van der Waals surface area (Å²) >= 11 is 0. The summed E-state index contributed by atoms with van der Waals surface area (Å²) in [6.07, 6.45) is 6.97. The molecule has 3 heteroatoms. The average molecular weight is 238 g/mol. The maximum Gasteiger partial charge on any atom is 0.240 e. The Balaban J connectivity index is 1.89. The minimum atomic E-state index is 0.00554. The van der Waals surface area contributed by atoms with Crippen molar-refractivity contribution in [1.82, 2.24) is 10.2 Å². The molecule has 0 aromatic carbocycles. The van der Waals surface area contributed by atoms with E-state index in [2.05, 4.69) is 24.1 Å². The Hall–Kier alpha value is -0.570. The maximum atomic E-state index is 12.1. The van der Waals surface area contributed by atoms with E-state index in [9.17, 15) is 4.79 Å². The number of amides is 1. The van der Waals surface area contributed by atoms with E-state index < -0.39 is 0 Å². The number of hydrogen-bond donors (Lipinski definition) is 1. The highest BCUT2D eigenvalue weighted by molar-refractivity contribution is 5.83. The van der Waals surface area contributed by atoms with Crippen LogP contribution in [0.2, 0.25) is 0 Å². The van der Waals surface area contributed by atoms with Gasteiger partial charge in [0.25, 0.3) is 0 Å². The standard InChI is InChI=1S/C14H26N2O/c1-10(2)13-15-11(3)14(17)16(13)9-8-12-6-4-5-7-12/h10-13,15H,4-9H2,1-3H3. The van der Waals surface area contributed by atoms with Gasteiger partial charge in [0.1, 0.15) is 0 Å². The minimum Gasteiger partial charge on any atom is -0.326 e. The molecule has 1 aliphatic carbocycles. The lowest BCUT2D eigenvalue weighted by atomic mass is 10.0. The van der Waals surface area contributed by atoms with Crippen molar-refractivity contribution in [2.24, 2.45) is 11.8 Å². The number of carbonyl (C=O) groups is 1. The average Bonchev–Trinajstić information content (AvgIpc) is 2.87. The first kappa shape index (κ1) is 12.9. The van der Waals surface area contributed by atoms with Gasteiger partial charge in [0, 0.05) is 6.54 Å². The van der Waals surface area contributed by atoms with Gasteiger partial charge in [-0.2, -0.15) is 0 Å². The third-order valence-electron chi connectivity index (χ3n) is 4.29. The fourth-order valence-corrected chi connectivity index (χ4v) is 3.23. The highest BCUT2D eigenvalue weighted by Crippen LogP contribution is 2.28. The maximum absolute atomic E-state index is 12.1. The van der Waals surface area contributed by atoms with E-state index in [1.807, 2.05) is 6.92 Å². The Labute approximate surface area is 105 Å². The van der Waals surface area contributed by atoms with Crippen LogP contribution in [0.15, 0.2) is 0 Å². The normalized spacial score (nSPS) is 30.8. The summed E-state index contributed by atoms with van der Waals surface area (Å²) in [5, 5.41) is 3.40. The molecule has 1 N–H and O–H groups in total. The fraction of sp³-hybridized carbons (Fsp3) is 0.929. The molecule has 17 heavy (non-hydrogen) atoms. The first-order chi connectivity index (χ1) is 8.09. The van der Waals surface area contributed by atoms with E-state index in [1.165, 1.54) is 32.1 Å². The monoisotopic (exact) mass is 238 g/mol. The molecule has 0 aromatic heterocycles. The summed E-state index contributed by atoms with van der Waals surface area (Å²) in [7, 11) is 0. The van der Waals surface area contributed by atoms with Crippen molar-refractivity contribution in [2.75, 3.05) is 6.54 Å². The molecule has 2 fully saturated rings. The summed E-state index contributed by atoms with van der Waals surface area (Å²) in [6.45, 7) is 7.30. The van der Waals surface area contributed by atoms with Crippen LogP contribution >= 0.6 is 0 Å². The lowest BCUT2D eigenvalue weighted by molar-refractivity contribution is -0.130. The van der Waals surface area contributed by atoms with Gasteiger partial charge in [-0.15, -0.1) is 0 Å². The summed E-state index contributed by atoms with van der Waals surface area (Å²) in [5.74, 6) is 1.65. The number of nitrogens with one attached hydrogen (secondary N) is 1. The van der Waals surface area contributed by atoms with Crippen molar-refractivity contribution < 1.29 is 4.79 Å². The van der Waals surface area contributed by atoms with E-state index >= 15 is 0 Å². The van der Waals surface area contributed by atoms with Crippen molar-refractivity contribution in [3.63, 3.8) is 0 Å². The fourth-order valence-electron chi connectivity index (χ4n) is 3.23. The first-order valence-corrected chi connectivity index (χ1v) is 7.16. The molecule has 1 saturated carbocycles. The van der Waals surface area contributed by atoms with Crippen molar-refractivity contribution in [3.05, 3.63) is 0 Å². The molecule has 2 aliphatic rings. The summed E-state index contributed by atoms with van der Waals surface area (Å²) in [4.78, 5) is 14.2. The predicted octanol–water partition coefficient (Wildman–Crippen LogP) is 2.37. The van der Waals surface area contributed by atoms with Gasteiger partial charge >= 0.3 is 0 Å². The first-order valence-electron chi connectivity index (χ1n) is 7.16. The topological polar surface area (TPSA) is 32.3 Å². The van der Waals surface area contributed by atoms with E-state index in [4.69, 9.17) is 0 Å².